The van der Waals surface area contributed by atoms with Crippen LogP contribution in [0.15, 0.2) is 91.0 Å². The van der Waals surface area contributed by atoms with E-state index in [2.05, 4.69) is 39.5 Å². The van der Waals surface area contributed by atoms with Gasteiger partial charge in [-0.05, 0) is 48.7 Å². The summed E-state index contributed by atoms with van der Waals surface area (Å²) >= 11 is 0. The highest BCUT2D eigenvalue weighted by molar-refractivity contribution is 5.93. The molecule has 0 bridgehead atoms. The number of carbonyl (C=O) groups is 1. The number of hydrogen-bond donors (Lipinski definition) is 2. The van der Waals surface area contributed by atoms with Crippen molar-refractivity contribution in [3.8, 4) is 17.1 Å². The van der Waals surface area contributed by atoms with E-state index in [-0.39, 0.29) is 6.61 Å². The summed E-state index contributed by atoms with van der Waals surface area (Å²) in [6, 6.07) is 30.1. The maximum absolute atomic E-state index is 12.3. The quantitative estimate of drug-likeness (QED) is 0.219. The number of benzene rings is 3. The molecule has 2 N–H and O–H groups in total. The van der Waals surface area contributed by atoms with Crippen LogP contribution in [0.4, 0.5) is 16.4 Å². The second-order valence-corrected chi connectivity index (χ2v) is 9.03. The van der Waals surface area contributed by atoms with Gasteiger partial charge in [-0.1, -0.05) is 60.7 Å². The van der Waals surface area contributed by atoms with Gasteiger partial charge in [0.15, 0.2) is 5.82 Å². The molecule has 0 saturated carbocycles. The number of fused-ring (bicyclic) bond motifs is 1. The van der Waals surface area contributed by atoms with Crippen LogP contribution in [-0.4, -0.2) is 41.3 Å². The normalized spacial score (nSPS) is 10.8. The maximum atomic E-state index is 12.3. The highest BCUT2D eigenvalue weighted by Gasteiger charge is 2.20. The van der Waals surface area contributed by atoms with Gasteiger partial charge >= 0.3 is 6.09 Å². The van der Waals surface area contributed by atoms with Gasteiger partial charge in [0.2, 0.25) is 0 Å². The molecule has 1 amide bonds. The second kappa shape index (κ2) is 12.1. The summed E-state index contributed by atoms with van der Waals surface area (Å²) in [5.41, 5.74) is 4.77. The van der Waals surface area contributed by atoms with Crippen molar-refractivity contribution in [3.63, 3.8) is 0 Å². The zero-order valence-corrected chi connectivity index (χ0v) is 22.1. The highest BCUT2D eigenvalue weighted by Crippen LogP contribution is 2.31. The largest absolute Gasteiger partial charge is 0.497 e. The van der Waals surface area contributed by atoms with E-state index >= 15 is 0 Å². The summed E-state index contributed by atoms with van der Waals surface area (Å²) in [5.74, 6) is 2.54. The molecule has 0 aliphatic carbocycles. The number of rotatable bonds is 10. The number of methoxy groups -OCH3 is 1. The fraction of sp³-hybridized carbons (Fsp3) is 0.194. The Morgan fingerprint density at radius 2 is 1.62 bits per heavy atom. The number of anilines is 2. The van der Waals surface area contributed by atoms with Crippen LogP contribution < -0.4 is 15.0 Å². The maximum Gasteiger partial charge on any atom is 0.412 e. The topological polar surface area (TPSA) is 92.4 Å². The number of carbonyl (C=O) groups excluding carboxylic acids is 1. The lowest BCUT2D eigenvalue weighted by Gasteiger charge is -2.25. The molecule has 8 heteroatoms. The summed E-state index contributed by atoms with van der Waals surface area (Å²) in [6.07, 6.45) is 0.270. The van der Waals surface area contributed by atoms with Crippen LogP contribution in [0.2, 0.25) is 0 Å². The molecule has 0 atom stereocenters. The Balaban J connectivity index is 1.58. The number of aromatic nitrogens is 3. The van der Waals surface area contributed by atoms with E-state index in [0.29, 0.717) is 30.5 Å². The van der Waals surface area contributed by atoms with Crippen molar-refractivity contribution in [2.75, 3.05) is 30.5 Å². The van der Waals surface area contributed by atoms with Crippen molar-refractivity contribution in [2.45, 2.75) is 19.9 Å². The molecule has 198 valence electrons. The van der Waals surface area contributed by atoms with Gasteiger partial charge < -0.3 is 19.4 Å². The number of imidazole rings is 1. The molecule has 39 heavy (non-hydrogen) atoms. The molecule has 0 aliphatic heterocycles. The molecule has 0 saturated heterocycles. The van der Waals surface area contributed by atoms with Crippen molar-refractivity contribution in [3.05, 3.63) is 102 Å². The Morgan fingerprint density at radius 3 is 2.28 bits per heavy atom. The third kappa shape index (κ3) is 6.35. The highest BCUT2D eigenvalue weighted by atomic mass is 16.5. The third-order valence-corrected chi connectivity index (χ3v) is 6.35. The van der Waals surface area contributed by atoms with Crippen molar-refractivity contribution in [1.82, 2.24) is 15.0 Å². The summed E-state index contributed by atoms with van der Waals surface area (Å²) in [6.45, 7) is 3.37. The SMILES string of the molecule is CCOC(=O)Nc1cc2[nH]c(-c3ccc(OC)cc3)nc2c(N(CCc2ccccc2)Cc2ccccc2)n1. The Hall–Kier alpha value is -4.85. The first-order valence-electron chi connectivity index (χ1n) is 12.9. The standard InChI is InChI=1S/C31H31N5O3/c1-3-39-31(37)34-27-20-26-28(35-29(32-26)24-14-16-25(38-2)17-15-24)30(33-27)36(21-23-12-8-5-9-13-23)19-18-22-10-6-4-7-11-22/h4-17,20H,3,18-19,21H2,1-2H3,(H,32,35)(H,33,34,37). The zero-order valence-electron chi connectivity index (χ0n) is 22.1. The molecule has 2 aromatic heterocycles. The summed E-state index contributed by atoms with van der Waals surface area (Å²) in [5, 5.41) is 2.77. The summed E-state index contributed by atoms with van der Waals surface area (Å²) in [4.78, 5) is 27.8. The van der Waals surface area contributed by atoms with Crippen LogP contribution in [0.1, 0.15) is 18.1 Å². The van der Waals surface area contributed by atoms with Gasteiger partial charge in [-0.25, -0.2) is 14.8 Å². The van der Waals surface area contributed by atoms with Gasteiger partial charge in [0, 0.05) is 24.7 Å². The van der Waals surface area contributed by atoms with Crippen molar-refractivity contribution in [1.29, 1.82) is 0 Å². The second-order valence-electron chi connectivity index (χ2n) is 9.03. The van der Waals surface area contributed by atoms with E-state index in [1.807, 2.05) is 60.7 Å². The molecule has 8 nitrogen and oxygen atoms in total. The lowest BCUT2D eigenvalue weighted by molar-refractivity contribution is 0.168. The van der Waals surface area contributed by atoms with E-state index in [1.54, 1.807) is 20.1 Å². The lowest BCUT2D eigenvalue weighted by Crippen LogP contribution is -2.27. The Kier molecular flexibility index (Phi) is 8.02. The van der Waals surface area contributed by atoms with Crippen molar-refractivity contribution in [2.24, 2.45) is 0 Å². The lowest BCUT2D eigenvalue weighted by atomic mass is 10.1. The first-order chi connectivity index (χ1) is 19.1. The molecule has 3 aromatic carbocycles. The van der Waals surface area contributed by atoms with Crippen LogP contribution in [0.5, 0.6) is 5.75 Å². The fourth-order valence-corrected chi connectivity index (χ4v) is 4.41. The van der Waals surface area contributed by atoms with E-state index in [9.17, 15) is 4.79 Å². The number of pyridine rings is 1. The van der Waals surface area contributed by atoms with Gasteiger partial charge in [-0.2, -0.15) is 0 Å². The average Bonchev–Trinajstić information content (AvgIpc) is 3.40. The number of aromatic amines is 1. The molecule has 0 radical (unpaired) electrons. The third-order valence-electron chi connectivity index (χ3n) is 6.35. The Bertz CT molecular complexity index is 1520. The van der Waals surface area contributed by atoms with Gasteiger partial charge in [-0.15, -0.1) is 0 Å². The van der Waals surface area contributed by atoms with Crippen LogP contribution in [-0.2, 0) is 17.7 Å². The minimum atomic E-state index is -0.552. The van der Waals surface area contributed by atoms with Gasteiger partial charge in [0.1, 0.15) is 22.9 Å². The summed E-state index contributed by atoms with van der Waals surface area (Å²) < 4.78 is 10.4. The van der Waals surface area contributed by atoms with Gasteiger partial charge in [0.25, 0.3) is 0 Å². The van der Waals surface area contributed by atoms with E-state index in [4.69, 9.17) is 19.4 Å². The Labute approximate surface area is 227 Å². The first-order valence-corrected chi connectivity index (χ1v) is 12.9. The number of nitrogens with zero attached hydrogens (tertiary/aromatic N) is 3. The molecular weight excluding hydrogens is 490 g/mol. The average molecular weight is 522 g/mol. The van der Waals surface area contributed by atoms with E-state index in [0.717, 1.165) is 34.3 Å². The molecule has 0 aliphatic rings. The predicted molar refractivity (Wildman–Crippen MR) is 154 cm³/mol. The molecular formula is C31H31N5O3. The number of ether oxygens (including phenoxy) is 2. The minimum Gasteiger partial charge on any atom is -0.497 e. The predicted octanol–water partition coefficient (Wildman–Crippen LogP) is 6.45. The van der Waals surface area contributed by atoms with Crippen LogP contribution in [0.3, 0.4) is 0 Å². The zero-order chi connectivity index (χ0) is 27.0. The van der Waals surface area contributed by atoms with Crippen molar-refractivity contribution < 1.29 is 14.3 Å². The van der Waals surface area contributed by atoms with Crippen LogP contribution in [0, 0.1) is 0 Å². The van der Waals surface area contributed by atoms with Crippen LogP contribution in [0.25, 0.3) is 22.4 Å². The van der Waals surface area contributed by atoms with E-state index in [1.165, 1.54) is 5.56 Å². The molecule has 5 rings (SSSR count). The van der Waals surface area contributed by atoms with E-state index < -0.39 is 6.09 Å². The molecule has 2 heterocycles. The number of nitrogens with one attached hydrogen (secondary N) is 2. The summed E-state index contributed by atoms with van der Waals surface area (Å²) in [7, 11) is 1.64. The van der Waals surface area contributed by atoms with Gasteiger partial charge in [-0.3, -0.25) is 5.32 Å². The minimum absolute atomic E-state index is 0.268. The molecule has 0 unspecified atom stereocenters. The Morgan fingerprint density at radius 1 is 0.923 bits per heavy atom. The van der Waals surface area contributed by atoms with Gasteiger partial charge in [0.05, 0.1) is 19.2 Å². The first kappa shape index (κ1) is 25.8. The number of hydrogen-bond acceptors (Lipinski definition) is 6. The number of amides is 1. The monoisotopic (exact) mass is 521 g/mol. The number of H-pyrrole nitrogens is 1. The fourth-order valence-electron chi connectivity index (χ4n) is 4.41. The van der Waals surface area contributed by atoms with Crippen molar-refractivity contribution >= 4 is 28.8 Å². The molecule has 0 fully saturated rings. The smallest absolute Gasteiger partial charge is 0.412 e. The molecule has 0 spiro atoms. The molecule has 5 aromatic rings. The van der Waals surface area contributed by atoms with Crippen LogP contribution >= 0.6 is 0 Å².